The van der Waals surface area contributed by atoms with E-state index < -0.39 is 0 Å². The second-order valence-electron chi connectivity index (χ2n) is 4.40. The van der Waals surface area contributed by atoms with Crippen molar-refractivity contribution in [3.8, 4) is 5.75 Å². The molecule has 4 nitrogen and oxygen atoms in total. The predicted octanol–water partition coefficient (Wildman–Crippen LogP) is 3.20. The average Bonchev–Trinajstić information content (AvgIpc) is 2.46. The quantitative estimate of drug-likeness (QED) is 0.494. The maximum absolute atomic E-state index is 11.7. The predicted molar refractivity (Wildman–Crippen MR) is 85.2 cm³/mol. The number of rotatable bonds is 6. The lowest BCUT2D eigenvalue weighted by Crippen LogP contribution is -2.14. The van der Waals surface area contributed by atoms with Crippen LogP contribution < -0.4 is 10.5 Å². The smallest absolute Gasteiger partial charge is 0.310 e. The number of nitrogens with two attached hydrogens (primary N) is 1. The first-order valence-corrected chi connectivity index (χ1v) is 7.32. The molecule has 0 aliphatic rings. The largest absolute Gasteiger partial charge is 0.490 e. The van der Waals surface area contributed by atoms with Crippen LogP contribution in [-0.4, -0.2) is 19.2 Å². The average molecular weight is 350 g/mol. The normalized spacial score (nSPS) is 10.1. The molecular formula is C16H16BrNO3. The van der Waals surface area contributed by atoms with Crippen LogP contribution in [0.3, 0.4) is 0 Å². The molecule has 21 heavy (non-hydrogen) atoms. The lowest BCUT2D eigenvalue weighted by Gasteiger charge is -2.08. The number of benzene rings is 2. The lowest BCUT2D eigenvalue weighted by atomic mass is 10.1. The highest BCUT2D eigenvalue weighted by Gasteiger charge is 2.07. The van der Waals surface area contributed by atoms with Gasteiger partial charge in [-0.2, -0.15) is 0 Å². The molecule has 0 aliphatic carbocycles. The van der Waals surface area contributed by atoms with E-state index >= 15 is 0 Å². The van der Waals surface area contributed by atoms with E-state index in [0.717, 1.165) is 15.8 Å². The van der Waals surface area contributed by atoms with Crippen LogP contribution in [0.5, 0.6) is 5.75 Å². The summed E-state index contributed by atoms with van der Waals surface area (Å²) in [6, 6.07) is 14.7. The van der Waals surface area contributed by atoms with E-state index in [4.69, 9.17) is 15.2 Å². The van der Waals surface area contributed by atoms with Gasteiger partial charge in [0.25, 0.3) is 0 Å². The summed E-state index contributed by atoms with van der Waals surface area (Å²) in [5.74, 6) is 0.415. The van der Waals surface area contributed by atoms with Crippen molar-refractivity contribution in [1.29, 1.82) is 0 Å². The Kier molecular flexibility index (Phi) is 5.63. The van der Waals surface area contributed by atoms with Gasteiger partial charge >= 0.3 is 5.97 Å². The molecule has 0 radical (unpaired) electrons. The summed E-state index contributed by atoms with van der Waals surface area (Å²) in [6.07, 6.45) is 0.170. The zero-order valence-electron chi connectivity index (χ0n) is 11.4. The summed E-state index contributed by atoms with van der Waals surface area (Å²) in [7, 11) is 0. The number of ether oxygens (including phenoxy) is 2. The number of para-hydroxylation sites is 1. The van der Waals surface area contributed by atoms with Gasteiger partial charge in [0.15, 0.2) is 0 Å². The number of anilines is 1. The highest BCUT2D eigenvalue weighted by atomic mass is 79.9. The Bertz CT molecular complexity index is 616. The lowest BCUT2D eigenvalue weighted by molar-refractivity contribution is -0.143. The molecule has 0 spiro atoms. The fraction of sp³-hybridized carbons (Fsp3) is 0.188. The summed E-state index contributed by atoms with van der Waals surface area (Å²) in [5.41, 5.74) is 7.15. The van der Waals surface area contributed by atoms with Gasteiger partial charge in [0, 0.05) is 10.2 Å². The number of hydrogen-bond donors (Lipinski definition) is 1. The molecule has 5 heteroatoms. The van der Waals surface area contributed by atoms with E-state index in [2.05, 4.69) is 15.9 Å². The van der Waals surface area contributed by atoms with Gasteiger partial charge in [-0.3, -0.25) is 4.79 Å². The van der Waals surface area contributed by atoms with Crippen molar-refractivity contribution in [3.05, 3.63) is 58.6 Å². The number of hydrogen-bond acceptors (Lipinski definition) is 4. The SMILES string of the molecule is Nc1ccccc1CC(=O)OCCOc1cccc(Br)c1. The van der Waals surface area contributed by atoms with Crippen LogP contribution in [0, 0.1) is 0 Å². The van der Waals surface area contributed by atoms with Gasteiger partial charge in [0.05, 0.1) is 6.42 Å². The summed E-state index contributed by atoms with van der Waals surface area (Å²) < 4.78 is 11.5. The van der Waals surface area contributed by atoms with Gasteiger partial charge in [-0.05, 0) is 29.8 Å². The molecule has 0 bridgehead atoms. The van der Waals surface area contributed by atoms with E-state index in [1.807, 2.05) is 42.5 Å². The monoisotopic (exact) mass is 349 g/mol. The molecule has 2 N–H and O–H groups in total. The highest BCUT2D eigenvalue weighted by Crippen LogP contribution is 2.17. The molecule has 0 fully saturated rings. The van der Waals surface area contributed by atoms with Crippen LogP contribution in [0.2, 0.25) is 0 Å². The Hall–Kier alpha value is -2.01. The fourth-order valence-corrected chi connectivity index (χ4v) is 2.15. The first-order valence-electron chi connectivity index (χ1n) is 6.52. The molecular weight excluding hydrogens is 334 g/mol. The number of esters is 1. The Labute approximate surface area is 132 Å². The van der Waals surface area contributed by atoms with Gasteiger partial charge in [-0.1, -0.05) is 40.2 Å². The van der Waals surface area contributed by atoms with Gasteiger partial charge in [0.2, 0.25) is 0 Å². The molecule has 0 aliphatic heterocycles. The van der Waals surface area contributed by atoms with Gasteiger partial charge in [0.1, 0.15) is 19.0 Å². The number of carbonyl (C=O) groups excluding carboxylic acids is 1. The molecule has 2 aromatic rings. The molecule has 0 saturated heterocycles. The molecule has 0 heterocycles. The van der Waals surface area contributed by atoms with Gasteiger partial charge in [-0.15, -0.1) is 0 Å². The molecule has 0 saturated carbocycles. The van der Waals surface area contributed by atoms with E-state index in [-0.39, 0.29) is 19.0 Å². The summed E-state index contributed by atoms with van der Waals surface area (Å²) >= 11 is 3.36. The van der Waals surface area contributed by atoms with Crippen molar-refractivity contribution in [2.24, 2.45) is 0 Å². The Balaban J connectivity index is 1.71. The first kappa shape index (κ1) is 15.4. The van der Waals surface area contributed by atoms with Crippen LogP contribution in [0.1, 0.15) is 5.56 Å². The molecule has 2 aromatic carbocycles. The van der Waals surface area contributed by atoms with E-state index in [9.17, 15) is 4.79 Å². The van der Waals surface area contributed by atoms with Gasteiger partial charge < -0.3 is 15.2 Å². The standard InChI is InChI=1S/C16H16BrNO3/c17-13-5-3-6-14(11-13)20-8-9-21-16(19)10-12-4-1-2-7-15(12)18/h1-7,11H,8-10,18H2. The third-order valence-corrected chi connectivity index (χ3v) is 3.29. The Morgan fingerprint density at radius 1 is 1.10 bits per heavy atom. The van der Waals surface area contributed by atoms with Crippen LogP contribution in [0.25, 0.3) is 0 Å². The molecule has 0 amide bonds. The van der Waals surface area contributed by atoms with Crippen molar-refractivity contribution < 1.29 is 14.3 Å². The maximum atomic E-state index is 11.7. The zero-order chi connectivity index (χ0) is 15.1. The molecule has 0 aromatic heterocycles. The van der Waals surface area contributed by atoms with Crippen LogP contribution >= 0.6 is 15.9 Å². The van der Waals surface area contributed by atoms with Crippen molar-refractivity contribution in [2.75, 3.05) is 18.9 Å². The Morgan fingerprint density at radius 2 is 1.90 bits per heavy atom. The van der Waals surface area contributed by atoms with Gasteiger partial charge in [-0.25, -0.2) is 0 Å². The van der Waals surface area contributed by atoms with E-state index in [1.165, 1.54) is 0 Å². The molecule has 110 valence electrons. The third kappa shape index (κ3) is 5.11. The number of carbonyl (C=O) groups is 1. The van der Waals surface area contributed by atoms with Crippen molar-refractivity contribution >= 4 is 27.6 Å². The van der Waals surface area contributed by atoms with E-state index in [0.29, 0.717) is 12.3 Å². The van der Waals surface area contributed by atoms with Crippen LogP contribution in [0.4, 0.5) is 5.69 Å². The maximum Gasteiger partial charge on any atom is 0.310 e. The Morgan fingerprint density at radius 3 is 2.67 bits per heavy atom. The third-order valence-electron chi connectivity index (χ3n) is 2.80. The second kappa shape index (κ2) is 7.69. The number of nitrogen functional groups attached to an aromatic ring is 1. The first-order chi connectivity index (χ1) is 10.1. The van der Waals surface area contributed by atoms with Crippen LogP contribution in [-0.2, 0) is 16.0 Å². The summed E-state index contributed by atoms with van der Waals surface area (Å²) in [6.45, 7) is 0.518. The summed E-state index contributed by atoms with van der Waals surface area (Å²) in [4.78, 5) is 11.7. The fourth-order valence-electron chi connectivity index (χ4n) is 1.77. The topological polar surface area (TPSA) is 61.6 Å². The van der Waals surface area contributed by atoms with Crippen molar-refractivity contribution in [2.45, 2.75) is 6.42 Å². The van der Waals surface area contributed by atoms with Crippen molar-refractivity contribution in [3.63, 3.8) is 0 Å². The summed E-state index contributed by atoms with van der Waals surface area (Å²) in [5, 5.41) is 0. The molecule has 0 unspecified atom stereocenters. The second-order valence-corrected chi connectivity index (χ2v) is 5.32. The molecule has 0 atom stereocenters. The highest BCUT2D eigenvalue weighted by molar-refractivity contribution is 9.10. The number of halogens is 1. The minimum atomic E-state index is -0.314. The van der Waals surface area contributed by atoms with Crippen molar-refractivity contribution in [1.82, 2.24) is 0 Å². The zero-order valence-corrected chi connectivity index (χ0v) is 13.0. The van der Waals surface area contributed by atoms with E-state index in [1.54, 1.807) is 6.07 Å². The minimum absolute atomic E-state index is 0.170. The van der Waals surface area contributed by atoms with Crippen LogP contribution in [0.15, 0.2) is 53.0 Å². The molecule has 2 rings (SSSR count). The minimum Gasteiger partial charge on any atom is -0.490 e.